The van der Waals surface area contributed by atoms with Crippen molar-refractivity contribution in [3.05, 3.63) is 283 Å². The Hall–Kier alpha value is -13.6. The largest absolute Gasteiger partial charge is 0.383 e. The SMILES string of the molecule is Cc1cc2c(CCN=C(N)N)cccc2nc1N.Cc1cc2cc(CCN)ccc2nc1N.Cc1cc2cc(CCN)ccc2nc1N.Cc1cc2cc(CCN)ccc2nc1N.Cc1cc2ccc(CCN)cc2nc1N.Cc1cc2ccc(CCN)cc2nc1N.Cc1cc2ccc(CCN)cc2nc1N.Cc1cc2cccc(CCN)c2nc1N. The third-order valence-electron chi connectivity index (χ3n) is 20.7. The summed E-state index contributed by atoms with van der Waals surface area (Å²) >= 11 is 0. The van der Waals surface area contributed by atoms with Crippen molar-refractivity contribution in [3.8, 4) is 0 Å². The van der Waals surface area contributed by atoms with Crippen LogP contribution >= 0.6 is 0 Å². The van der Waals surface area contributed by atoms with Crippen LogP contribution in [0.4, 0.5) is 46.5 Å². The van der Waals surface area contributed by atoms with E-state index in [1.165, 1.54) is 44.5 Å². The first-order valence-electron chi connectivity index (χ1n) is 41.2. The number of pyridine rings is 8. The summed E-state index contributed by atoms with van der Waals surface area (Å²) < 4.78 is 0. The van der Waals surface area contributed by atoms with E-state index in [4.69, 9.17) is 97.5 Å². The highest BCUT2D eigenvalue weighted by Gasteiger charge is 2.11. The Kier molecular flexibility index (Phi) is 34.3. The van der Waals surface area contributed by atoms with E-state index < -0.39 is 0 Å². The minimum absolute atomic E-state index is 0.119. The topological polar surface area (TPSA) is 558 Å². The Balaban J connectivity index is 0.000000160. The molecule has 0 aliphatic rings. The van der Waals surface area contributed by atoms with Gasteiger partial charge in [0.05, 0.1) is 44.1 Å². The van der Waals surface area contributed by atoms with Crippen LogP contribution in [0.25, 0.3) is 87.2 Å². The van der Waals surface area contributed by atoms with Crippen LogP contribution < -0.4 is 97.5 Å². The lowest BCUT2D eigenvalue weighted by atomic mass is 10.0. The number of nitrogen functional groups attached to an aromatic ring is 8. The van der Waals surface area contributed by atoms with E-state index in [9.17, 15) is 0 Å². The molecule has 0 aliphatic carbocycles. The molecule has 0 aliphatic heterocycles. The number of para-hydroxylation sites is 1. The molecule has 0 saturated heterocycles. The van der Waals surface area contributed by atoms with Crippen LogP contribution in [0.2, 0.25) is 0 Å². The molecule has 34 N–H and O–H groups in total. The van der Waals surface area contributed by atoms with Crippen molar-refractivity contribution in [2.75, 3.05) is 98.2 Å². The van der Waals surface area contributed by atoms with Crippen LogP contribution in [0.1, 0.15) is 89.0 Å². The van der Waals surface area contributed by atoms with Crippen LogP contribution in [-0.4, -0.2) is 98.2 Å². The average Bonchev–Trinajstić information content (AvgIpc) is 0.811. The smallest absolute Gasteiger partial charge is 0.185 e. The highest BCUT2D eigenvalue weighted by atomic mass is 15.0. The maximum Gasteiger partial charge on any atom is 0.185 e. The number of anilines is 8. The zero-order valence-electron chi connectivity index (χ0n) is 72.1. The molecule has 0 saturated carbocycles. The third kappa shape index (κ3) is 26.5. The molecule has 0 spiro atoms. The maximum absolute atomic E-state index is 5.81. The molecule has 0 radical (unpaired) electrons. The van der Waals surface area contributed by atoms with E-state index in [0.29, 0.717) is 98.9 Å². The van der Waals surface area contributed by atoms with E-state index in [1.807, 2.05) is 91.8 Å². The highest BCUT2D eigenvalue weighted by Crippen LogP contribution is 2.28. The number of fused-ring (bicyclic) bond motifs is 8. The Labute approximate surface area is 720 Å². The number of hydrogen-bond acceptors (Lipinski definition) is 24. The van der Waals surface area contributed by atoms with Crippen molar-refractivity contribution >= 4 is 140 Å². The summed E-state index contributed by atoms with van der Waals surface area (Å²) in [4.78, 5) is 38.8. The first-order valence-corrected chi connectivity index (χ1v) is 41.2. The number of hydrogen-bond donors (Lipinski definition) is 17. The van der Waals surface area contributed by atoms with Gasteiger partial charge in [0.1, 0.15) is 46.5 Å². The van der Waals surface area contributed by atoms with Crippen LogP contribution in [0.15, 0.2) is 199 Å². The van der Waals surface area contributed by atoms with Gasteiger partial charge in [-0.1, -0.05) is 84.9 Å². The quantitative estimate of drug-likeness (QED) is 0.0297. The zero-order valence-corrected chi connectivity index (χ0v) is 72.1. The fourth-order valence-electron chi connectivity index (χ4n) is 13.6. The van der Waals surface area contributed by atoms with Crippen molar-refractivity contribution in [2.24, 2.45) is 56.6 Å². The summed E-state index contributed by atoms with van der Waals surface area (Å²) in [6, 6.07) is 65.8. The minimum Gasteiger partial charge on any atom is -0.383 e. The predicted octanol–water partition coefficient (Wildman–Crippen LogP) is 12.3. The summed E-state index contributed by atoms with van der Waals surface area (Å²) in [5, 5.41) is 9.02. The van der Waals surface area contributed by atoms with Crippen LogP contribution in [0.5, 0.6) is 0 Å². The monoisotopic (exact) mass is 1650 g/mol. The van der Waals surface area contributed by atoms with Crippen molar-refractivity contribution in [1.82, 2.24) is 39.9 Å². The number of aliphatic imine (C=N–C) groups is 1. The second-order valence-electron chi connectivity index (χ2n) is 30.5. The minimum atomic E-state index is 0.119. The van der Waals surface area contributed by atoms with E-state index in [-0.39, 0.29) is 5.96 Å². The number of nitrogens with two attached hydrogens (primary N) is 17. The Morgan fingerprint density at radius 3 is 0.837 bits per heavy atom. The van der Waals surface area contributed by atoms with E-state index >= 15 is 0 Å². The van der Waals surface area contributed by atoms with Crippen LogP contribution in [0.3, 0.4) is 0 Å². The van der Waals surface area contributed by atoms with Gasteiger partial charge in [0.15, 0.2) is 5.96 Å². The lowest BCUT2D eigenvalue weighted by Gasteiger charge is -2.07. The third-order valence-corrected chi connectivity index (χ3v) is 20.7. The molecule has 0 fully saturated rings. The fraction of sp³-hybridized carbons (Fsp3) is 0.247. The van der Waals surface area contributed by atoms with Gasteiger partial charge in [-0.15, -0.1) is 0 Å². The predicted molar refractivity (Wildman–Crippen MR) is 521 cm³/mol. The molecule has 123 heavy (non-hydrogen) atoms. The molecule has 0 unspecified atom stereocenters. The summed E-state index contributed by atoms with van der Waals surface area (Å²) in [6.07, 6.45) is 6.97. The van der Waals surface area contributed by atoms with Crippen LogP contribution in [-0.2, 0) is 51.4 Å². The number of rotatable bonds is 17. The highest BCUT2D eigenvalue weighted by molar-refractivity contribution is 5.89. The molecule has 0 bridgehead atoms. The van der Waals surface area contributed by atoms with Gasteiger partial charge in [-0.25, -0.2) is 39.9 Å². The van der Waals surface area contributed by atoms with E-state index in [2.05, 4.69) is 203 Å². The molecule has 8 aromatic heterocycles. The van der Waals surface area contributed by atoms with E-state index in [1.54, 1.807) is 0 Å². The fourth-order valence-corrected chi connectivity index (χ4v) is 13.6. The number of aromatic nitrogens is 8. The van der Waals surface area contributed by atoms with Crippen LogP contribution in [0, 0.1) is 55.4 Å². The lowest BCUT2D eigenvalue weighted by Crippen LogP contribution is -2.23. The van der Waals surface area contributed by atoms with Crippen molar-refractivity contribution in [2.45, 2.75) is 107 Å². The number of aryl methyl sites for hydroxylation is 8. The molecule has 0 amide bonds. The molecule has 640 valence electrons. The molecule has 16 rings (SSSR count). The van der Waals surface area contributed by atoms with E-state index in [0.717, 1.165) is 183 Å². The molecule has 26 nitrogen and oxygen atoms in total. The summed E-state index contributed by atoms with van der Waals surface area (Å²) in [7, 11) is 0. The second-order valence-corrected chi connectivity index (χ2v) is 30.5. The lowest BCUT2D eigenvalue weighted by molar-refractivity contribution is 0.969. The molecule has 8 aromatic carbocycles. The first kappa shape index (κ1) is 93.3. The Bertz CT molecular complexity index is 5580. The molecule has 0 atom stereocenters. The molecular formula is C97H122N26. The van der Waals surface area contributed by atoms with Gasteiger partial charge in [0, 0.05) is 49.6 Å². The molecule has 26 heteroatoms. The van der Waals surface area contributed by atoms with Gasteiger partial charge in [0.25, 0.3) is 0 Å². The maximum atomic E-state index is 5.81. The zero-order chi connectivity index (χ0) is 89.0. The second kappa shape index (κ2) is 45.2. The molecule has 16 aromatic rings. The summed E-state index contributed by atoms with van der Waals surface area (Å²) in [6.45, 7) is 20.9. The van der Waals surface area contributed by atoms with Crippen molar-refractivity contribution in [1.29, 1.82) is 0 Å². The van der Waals surface area contributed by atoms with Gasteiger partial charge in [-0.2, -0.15) is 0 Å². The standard InChI is InChI=1S/C13H17N5.7C12H15N3/c1-8-7-10-9(5-6-17-13(15)16)3-2-4-11(10)18-12(8)14;3*1-8-6-10-7-9(4-5-13)2-3-11(10)15-12(8)14;3*1-8-6-10-3-2-9(4-5-13)7-11(10)15-12(8)14;1-8-7-10-4-2-3-9(5-6-13)11(10)15-12(8)14/h2-4,7H,5-6H2,1H3,(H2,14,18)(H4,15,16,17);6*2-3,6-7H,4-5,13H2,1H3,(H2,14,15);2-4,7H,5-6,13H2,1H3,(H2,14,15). The van der Waals surface area contributed by atoms with Crippen molar-refractivity contribution in [3.63, 3.8) is 0 Å². The summed E-state index contributed by atoms with van der Waals surface area (Å²) in [5.74, 6) is 4.93. The van der Waals surface area contributed by atoms with Gasteiger partial charge < -0.3 is 97.5 Å². The normalized spacial score (nSPS) is 10.8. The Morgan fingerprint density at radius 2 is 0.504 bits per heavy atom. The van der Waals surface area contributed by atoms with Gasteiger partial charge in [0.2, 0.25) is 0 Å². The summed E-state index contributed by atoms with van der Waals surface area (Å²) in [5.41, 5.74) is 121. The molecular weight excluding hydrogens is 1530 g/mol. The van der Waals surface area contributed by atoms with Crippen molar-refractivity contribution < 1.29 is 0 Å². The Morgan fingerprint density at radius 1 is 0.236 bits per heavy atom. The van der Waals surface area contributed by atoms with Gasteiger partial charge in [-0.05, 0) is 351 Å². The first-order chi connectivity index (χ1) is 59.0. The molecule has 8 heterocycles. The number of nitrogens with zero attached hydrogens (tertiary/aromatic N) is 9. The number of benzene rings is 8. The number of guanidine groups is 1. The van der Waals surface area contributed by atoms with Gasteiger partial charge in [-0.3, -0.25) is 4.99 Å². The average molecular weight is 1650 g/mol. The van der Waals surface area contributed by atoms with Gasteiger partial charge >= 0.3 is 0 Å².